The van der Waals surface area contributed by atoms with Gasteiger partial charge in [-0.05, 0) is 74.3 Å². The fourth-order valence-electron chi connectivity index (χ4n) is 10.6. The lowest BCUT2D eigenvalue weighted by atomic mass is 9.98. The minimum Gasteiger partial charge on any atom is -0.309 e. The summed E-state index contributed by atoms with van der Waals surface area (Å²) in [4.78, 5) is 16.4. The number of benzene rings is 10. The van der Waals surface area contributed by atoms with Gasteiger partial charge in [-0.3, -0.25) is 0 Å². The highest BCUT2D eigenvalue weighted by Gasteiger charge is 2.41. The third-order valence-electron chi connectivity index (χ3n) is 13.6. The van der Waals surface area contributed by atoms with E-state index in [9.17, 15) is 0 Å². The van der Waals surface area contributed by atoms with Crippen LogP contribution in [0.4, 0.5) is 0 Å². The van der Waals surface area contributed by atoms with Crippen LogP contribution in [-0.2, 0) is 0 Å². The van der Waals surface area contributed by atoms with Crippen molar-refractivity contribution in [2.75, 3.05) is 0 Å². The second-order valence-corrected chi connectivity index (χ2v) is 22.4. The minimum atomic E-state index is -2.87. The molecule has 0 saturated carbocycles. The van der Waals surface area contributed by atoms with E-state index in [1.807, 2.05) is 11.3 Å². The summed E-state index contributed by atoms with van der Waals surface area (Å²) in [5, 5.41) is 10.1. The molecule has 6 heteroatoms. The smallest absolute Gasteiger partial charge is 0.179 e. The van der Waals surface area contributed by atoms with Gasteiger partial charge in [0.15, 0.2) is 25.5 Å². The Hall–Kier alpha value is -8.55. The van der Waals surface area contributed by atoms with Crippen LogP contribution in [-0.4, -0.2) is 27.6 Å². The van der Waals surface area contributed by atoms with Crippen LogP contribution in [0.25, 0.3) is 93.0 Å². The molecular weight excluding hydrogens is 873 g/mol. The van der Waals surface area contributed by atoms with Gasteiger partial charge in [-0.25, -0.2) is 15.0 Å². The van der Waals surface area contributed by atoms with Crippen molar-refractivity contribution >= 4 is 82.1 Å². The normalized spacial score (nSPS) is 11.8. The van der Waals surface area contributed by atoms with Crippen molar-refractivity contribution in [3.63, 3.8) is 0 Å². The Bertz CT molecular complexity index is 3880. The van der Waals surface area contributed by atoms with Crippen LogP contribution < -0.4 is 20.7 Å². The van der Waals surface area contributed by atoms with Gasteiger partial charge in [0.1, 0.15) is 0 Å². The predicted octanol–water partition coefficient (Wildman–Crippen LogP) is 13.4. The Morgan fingerprint density at radius 3 is 1.42 bits per heavy atom. The quantitative estimate of drug-likeness (QED) is 0.107. The molecule has 0 radical (unpaired) electrons. The van der Waals surface area contributed by atoms with Crippen LogP contribution in [0.5, 0.6) is 0 Å². The summed E-state index contributed by atoms with van der Waals surface area (Å²) in [6, 6.07) is 92.0. The van der Waals surface area contributed by atoms with E-state index in [4.69, 9.17) is 15.0 Å². The third kappa shape index (κ3) is 6.83. The van der Waals surface area contributed by atoms with Gasteiger partial charge < -0.3 is 4.57 Å². The van der Waals surface area contributed by atoms with Gasteiger partial charge in [0, 0.05) is 47.6 Å². The second-order valence-electron chi connectivity index (χ2n) is 17.5. The standard InChI is InChI=1S/C63H42N4SSi/c1-4-24-46(25-5-1)69(47-26-6-2-7-27-47,48-28-8-3-9-29-48)49-30-19-23-45(42-49)62-64-61(44-22-18-21-43(41-44)50-35-20-40-59-60(50)54-34-13-17-39-58(54)68-59)65-63(66-62)53-33-12-16-38-57(53)67-55-36-14-10-31-51(55)52-32-11-15-37-56(52)67/h1-42H. The molecule has 0 amide bonds. The highest BCUT2D eigenvalue weighted by Crippen LogP contribution is 2.41. The van der Waals surface area contributed by atoms with Crippen LogP contribution in [0.15, 0.2) is 255 Å². The van der Waals surface area contributed by atoms with E-state index in [1.165, 1.54) is 57.3 Å². The summed E-state index contributed by atoms with van der Waals surface area (Å²) >= 11 is 1.84. The summed E-state index contributed by atoms with van der Waals surface area (Å²) in [5.74, 6) is 1.83. The van der Waals surface area contributed by atoms with Crippen LogP contribution in [0.1, 0.15) is 0 Å². The van der Waals surface area contributed by atoms with E-state index in [-0.39, 0.29) is 0 Å². The van der Waals surface area contributed by atoms with Gasteiger partial charge in [0.2, 0.25) is 0 Å². The first-order valence-electron chi connectivity index (χ1n) is 23.3. The molecule has 0 atom stereocenters. The Kier molecular flexibility index (Phi) is 10.00. The number of aromatic nitrogens is 4. The van der Waals surface area contributed by atoms with Crippen LogP contribution in [0.3, 0.4) is 0 Å². The first-order valence-corrected chi connectivity index (χ1v) is 26.2. The Labute approximate surface area is 405 Å². The first kappa shape index (κ1) is 40.7. The van der Waals surface area contributed by atoms with Gasteiger partial charge in [-0.2, -0.15) is 0 Å². The Morgan fingerprint density at radius 1 is 0.319 bits per heavy atom. The van der Waals surface area contributed by atoms with Crippen molar-refractivity contribution in [1.29, 1.82) is 0 Å². The topological polar surface area (TPSA) is 43.6 Å². The average molecular weight is 915 g/mol. The fraction of sp³-hybridized carbons (Fsp3) is 0. The van der Waals surface area contributed by atoms with Gasteiger partial charge in [-0.1, -0.05) is 212 Å². The van der Waals surface area contributed by atoms with E-state index in [0.29, 0.717) is 17.5 Å². The number of thiophene rings is 1. The summed E-state index contributed by atoms with van der Waals surface area (Å²) in [5.41, 5.74) is 8.31. The number of hydrogen-bond donors (Lipinski definition) is 0. The molecule has 13 aromatic rings. The predicted molar refractivity (Wildman–Crippen MR) is 292 cm³/mol. The molecule has 0 fully saturated rings. The molecule has 69 heavy (non-hydrogen) atoms. The number of para-hydroxylation sites is 3. The molecule has 0 bridgehead atoms. The Balaban J connectivity index is 1.05. The highest BCUT2D eigenvalue weighted by atomic mass is 32.1. The van der Waals surface area contributed by atoms with Crippen LogP contribution >= 0.6 is 11.3 Å². The van der Waals surface area contributed by atoms with E-state index in [1.54, 1.807) is 0 Å². The fourth-order valence-corrected chi connectivity index (χ4v) is 16.5. The molecule has 3 aromatic heterocycles. The minimum absolute atomic E-state index is 0.604. The number of nitrogens with zero attached hydrogens (tertiary/aromatic N) is 4. The van der Waals surface area contributed by atoms with E-state index in [2.05, 4.69) is 259 Å². The van der Waals surface area contributed by atoms with Crippen molar-refractivity contribution in [2.24, 2.45) is 0 Å². The molecule has 0 spiro atoms. The lowest BCUT2D eigenvalue weighted by Crippen LogP contribution is -2.74. The monoisotopic (exact) mass is 914 g/mol. The maximum atomic E-state index is 5.50. The number of hydrogen-bond acceptors (Lipinski definition) is 4. The van der Waals surface area contributed by atoms with Crippen molar-refractivity contribution < 1.29 is 0 Å². The molecule has 0 aliphatic carbocycles. The first-order chi connectivity index (χ1) is 34.2. The summed E-state index contributed by atoms with van der Waals surface area (Å²) < 4.78 is 4.91. The van der Waals surface area contributed by atoms with Crippen molar-refractivity contribution in [1.82, 2.24) is 19.5 Å². The second kappa shape index (κ2) is 17.0. The van der Waals surface area contributed by atoms with Crippen molar-refractivity contribution in [3.05, 3.63) is 255 Å². The molecule has 0 saturated heterocycles. The lowest BCUT2D eigenvalue weighted by molar-refractivity contribution is 1.06. The molecule has 13 rings (SSSR count). The summed E-state index contributed by atoms with van der Waals surface area (Å²) in [6.45, 7) is 0. The van der Waals surface area contributed by atoms with Gasteiger partial charge >= 0.3 is 0 Å². The molecule has 0 N–H and O–H groups in total. The average Bonchev–Trinajstić information content (AvgIpc) is 3.98. The molecule has 0 aliphatic heterocycles. The third-order valence-corrected chi connectivity index (χ3v) is 19.5. The van der Waals surface area contributed by atoms with Crippen molar-refractivity contribution in [3.8, 4) is 51.0 Å². The Morgan fingerprint density at radius 2 is 0.768 bits per heavy atom. The van der Waals surface area contributed by atoms with Gasteiger partial charge in [0.05, 0.1) is 16.7 Å². The lowest BCUT2D eigenvalue weighted by Gasteiger charge is -2.34. The molecule has 3 heterocycles. The maximum absolute atomic E-state index is 5.50. The zero-order chi connectivity index (χ0) is 45.7. The number of rotatable bonds is 9. The molecular formula is C63H42N4SSi. The van der Waals surface area contributed by atoms with Gasteiger partial charge in [-0.15, -0.1) is 11.3 Å². The molecule has 0 unspecified atom stereocenters. The molecule has 4 nitrogen and oxygen atoms in total. The molecule has 10 aromatic carbocycles. The molecule has 0 aliphatic rings. The SMILES string of the molecule is c1ccc([Si](c2ccccc2)(c2ccccc2)c2cccc(-c3nc(-c4cccc(-c5cccc6sc7ccccc7c56)c4)nc(-c4ccccc4-n4c5ccccc5c5ccccc54)n3)c2)cc1. The zero-order valence-corrected chi connectivity index (χ0v) is 39.3. The van der Waals surface area contributed by atoms with Gasteiger partial charge in [0.25, 0.3) is 0 Å². The number of fused-ring (bicyclic) bond motifs is 6. The summed E-state index contributed by atoms with van der Waals surface area (Å²) in [7, 11) is -2.87. The highest BCUT2D eigenvalue weighted by molar-refractivity contribution is 7.26. The van der Waals surface area contributed by atoms with Crippen LogP contribution in [0, 0.1) is 0 Å². The molecule has 324 valence electrons. The van der Waals surface area contributed by atoms with E-state index >= 15 is 0 Å². The maximum Gasteiger partial charge on any atom is 0.179 e. The zero-order valence-electron chi connectivity index (χ0n) is 37.4. The largest absolute Gasteiger partial charge is 0.309 e. The van der Waals surface area contributed by atoms with Crippen LogP contribution in [0.2, 0.25) is 0 Å². The van der Waals surface area contributed by atoms with Crippen molar-refractivity contribution in [2.45, 2.75) is 0 Å². The van der Waals surface area contributed by atoms with E-state index < -0.39 is 8.07 Å². The summed E-state index contributed by atoms with van der Waals surface area (Å²) in [6.07, 6.45) is 0. The van der Waals surface area contributed by atoms with E-state index in [0.717, 1.165) is 39.0 Å².